The molecule has 1 rings (SSSR count). The highest BCUT2D eigenvalue weighted by Gasteiger charge is 2.32. The van der Waals surface area contributed by atoms with E-state index in [1.807, 2.05) is 0 Å². The molecule has 0 aliphatic heterocycles. The first-order chi connectivity index (χ1) is 5.66. The van der Waals surface area contributed by atoms with Gasteiger partial charge in [-0.1, -0.05) is 6.92 Å². The van der Waals surface area contributed by atoms with Crippen LogP contribution in [0.25, 0.3) is 0 Å². The number of hydrogen-bond donors (Lipinski definition) is 0. The fourth-order valence-electron chi connectivity index (χ4n) is 1.92. The minimum atomic E-state index is 0.272. The Kier molecular flexibility index (Phi) is 2.92. The number of ketones is 1. The van der Waals surface area contributed by atoms with Gasteiger partial charge < -0.3 is 0 Å². The predicted octanol–water partition coefficient (Wildman–Crippen LogP) is 2.55. The first-order valence-corrected chi connectivity index (χ1v) is 4.61. The molecule has 0 aromatic rings. The van der Waals surface area contributed by atoms with E-state index in [2.05, 4.69) is 12.8 Å². The Morgan fingerprint density at radius 2 is 2.42 bits per heavy atom. The third-order valence-corrected chi connectivity index (χ3v) is 2.73. The van der Waals surface area contributed by atoms with Crippen LogP contribution < -0.4 is 0 Å². The lowest BCUT2D eigenvalue weighted by atomic mass is 9.83. The zero-order valence-electron chi connectivity index (χ0n) is 7.73. The monoisotopic (exact) mass is 164 g/mol. The molecule has 0 amide bonds. The summed E-state index contributed by atoms with van der Waals surface area (Å²) in [6.07, 6.45) is 10.8. The zero-order valence-corrected chi connectivity index (χ0v) is 7.73. The van der Waals surface area contributed by atoms with Crippen molar-refractivity contribution in [2.45, 2.75) is 45.4 Å². The molecule has 1 atom stereocenters. The van der Waals surface area contributed by atoms with Gasteiger partial charge in [-0.15, -0.1) is 12.3 Å². The fraction of sp³-hybridized carbons (Fsp3) is 0.727. The van der Waals surface area contributed by atoms with Gasteiger partial charge in [0.15, 0.2) is 0 Å². The Morgan fingerprint density at radius 3 is 2.92 bits per heavy atom. The van der Waals surface area contributed by atoms with Crippen LogP contribution in [0, 0.1) is 17.8 Å². The topological polar surface area (TPSA) is 17.1 Å². The van der Waals surface area contributed by atoms with Crippen molar-refractivity contribution < 1.29 is 4.79 Å². The molecule has 66 valence electrons. The first kappa shape index (κ1) is 9.32. The molecule has 1 heteroatoms. The van der Waals surface area contributed by atoms with E-state index >= 15 is 0 Å². The van der Waals surface area contributed by atoms with Crippen LogP contribution in [-0.2, 0) is 4.79 Å². The molecule has 0 aromatic heterocycles. The number of terminal acetylenes is 1. The highest BCUT2D eigenvalue weighted by molar-refractivity contribution is 5.81. The molecule has 0 heterocycles. The van der Waals surface area contributed by atoms with Crippen molar-refractivity contribution >= 4 is 5.78 Å². The van der Waals surface area contributed by atoms with Gasteiger partial charge in [0.1, 0.15) is 5.78 Å². The van der Waals surface area contributed by atoms with E-state index in [0.717, 1.165) is 38.5 Å². The Bertz CT molecular complexity index is 212. The first-order valence-electron chi connectivity index (χ1n) is 4.61. The lowest BCUT2D eigenvalue weighted by molar-refractivity contribution is -0.118. The van der Waals surface area contributed by atoms with Crippen LogP contribution >= 0.6 is 0 Å². The summed E-state index contributed by atoms with van der Waals surface area (Å²) in [5.74, 6) is 3.06. The summed E-state index contributed by atoms with van der Waals surface area (Å²) < 4.78 is 0. The molecule has 1 fully saturated rings. The van der Waals surface area contributed by atoms with Crippen LogP contribution in [-0.4, -0.2) is 5.78 Å². The summed E-state index contributed by atoms with van der Waals surface area (Å²) in [6.45, 7) is 2.20. The van der Waals surface area contributed by atoms with Gasteiger partial charge in [-0.05, 0) is 24.7 Å². The van der Waals surface area contributed by atoms with Crippen LogP contribution in [0.5, 0.6) is 0 Å². The number of carbonyl (C=O) groups excluding carboxylic acids is 1. The maximum absolute atomic E-state index is 11.1. The molecule has 0 aromatic carbocycles. The summed E-state index contributed by atoms with van der Waals surface area (Å²) in [6, 6.07) is 0. The highest BCUT2D eigenvalue weighted by atomic mass is 16.1. The summed E-state index contributed by atoms with van der Waals surface area (Å²) in [5.41, 5.74) is 0.272. The van der Waals surface area contributed by atoms with Gasteiger partial charge in [-0.3, -0.25) is 4.79 Å². The Hall–Kier alpha value is -0.770. The Labute approximate surface area is 74.5 Å². The Morgan fingerprint density at radius 1 is 1.67 bits per heavy atom. The van der Waals surface area contributed by atoms with E-state index in [-0.39, 0.29) is 5.41 Å². The van der Waals surface area contributed by atoms with Gasteiger partial charge in [0.05, 0.1) is 0 Å². The van der Waals surface area contributed by atoms with Crippen LogP contribution in [0.3, 0.4) is 0 Å². The van der Waals surface area contributed by atoms with Crippen LogP contribution in [0.2, 0.25) is 0 Å². The summed E-state index contributed by atoms with van der Waals surface area (Å²) in [5, 5.41) is 0. The lowest BCUT2D eigenvalue weighted by Gasteiger charge is -2.21. The van der Waals surface area contributed by atoms with Gasteiger partial charge in [0.25, 0.3) is 0 Å². The van der Waals surface area contributed by atoms with Crippen LogP contribution in [0.15, 0.2) is 0 Å². The SMILES string of the molecule is C#CCCCC1(C)CCC(=O)C1. The summed E-state index contributed by atoms with van der Waals surface area (Å²) >= 11 is 0. The largest absolute Gasteiger partial charge is 0.300 e. The summed E-state index contributed by atoms with van der Waals surface area (Å²) in [7, 11) is 0. The normalized spacial score (nSPS) is 28.8. The molecule has 1 unspecified atom stereocenters. The molecular weight excluding hydrogens is 148 g/mol. The lowest BCUT2D eigenvalue weighted by Crippen LogP contribution is -2.11. The minimum Gasteiger partial charge on any atom is -0.300 e. The zero-order chi connectivity index (χ0) is 9.03. The molecule has 0 N–H and O–H groups in total. The van der Waals surface area contributed by atoms with Gasteiger partial charge in [0, 0.05) is 19.3 Å². The van der Waals surface area contributed by atoms with E-state index in [1.54, 1.807) is 0 Å². The maximum atomic E-state index is 11.1. The molecule has 1 nitrogen and oxygen atoms in total. The smallest absolute Gasteiger partial charge is 0.133 e. The quantitative estimate of drug-likeness (QED) is 0.463. The van der Waals surface area contributed by atoms with Gasteiger partial charge in [-0.2, -0.15) is 0 Å². The average molecular weight is 164 g/mol. The maximum Gasteiger partial charge on any atom is 0.133 e. The average Bonchev–Trinajstić information content (AvgIpc) is 2.32. The number of hydrogen-bond acceptors (Lipinski definition) is 1. The van der Waals surface area contributed by atoms with Gasteiger partial charge in [-0.25, -0.2) is 0 Å². The molecule has 1 saturated carbocycles. The molecule has 12 heavy (non-hydrogen) atoms. The molecule has 1 aliphatic rings. The van der Waals surface area contributed by atoms with Crippen molar-refractivity contribution in [3.05, 3.63) is 0 Å². The number of Topliss-reactive ketones (excluding diaryl/α,β-unsaturated/α-hetero) is 1. The van der Waals surface area contributed by atoms with Crippen molar-refractivity contribution in [1.82, 2.24) is 0 Å². The third kappa shape index (κ3) is 2.37. The molecular formula is C11H16O. The van der Waals surface area contributed by atoms with E-state index in [1.165, 1.54) is 0 Å². The van der Waals surface area contributed by atoms with Crippen molar-refractivity contribution in [1.29, 1.82) is 0 Å². The number of rotatable bonds is 3. The van der Waals surface area contributed by atoms with Crippen molar-refractivity contribution in [2.24, 2.45) is 5.41 Å². The number of carbonyl (C=O) groups is 1. The van der Waals surface area contributed by atoms with Crippen molar-refractivity contribution in [2.75, 3.05) is 0 Å². The van der Waals surface area contributed by atoms with Crippen LogP contribution in [0.4, 0.5) is 0 Å². The number of unbranched alkanes of at least 4 members (excludes halogenated alkanes) is 1. The van der Waals surface area contributed by atoms with E-state index < -0.39 is 0 Å². The minimum absolute atomic E-state index is 0.272. The molecule has 0 spiro atoms. The Balaban J connectivity index is 2.31. The summed E-state index contributed by atoms with van der Waals surface area (Å²) in [4.78, 5) is 11.1. The van der Waals surface area contributed by atoms with Crippen molar-refractivity contribution in [3.63, 3.8) is 0 Å². The second kappa shape index (κ2) is 3.76. The third-order valence-electron chi connectivity index (χ3n) is 2.73. The predicted molar refractivity (Wildman–Crippen MR) is 49.6 cm³/mol. The molecule has 1 aliphatic carbocycles. The van der Waals surface area contributed by atoms with E-state index in [0.29, 0.717) is 5.78 Å². The van der Waals surface area contributed by atoms with Gasteiger partial charge in [0.2, 0.25) is 0 Å². The standard InChI is InChI=1S/C11H16O/c1-3-4-5-7-11(2)8-6-10(12)9-11/h1H,4-9H2,2H3. The molecule has 0 radical (unpaired) electrons. The van der Waals surface area contributed by atoms with Crippen molar-refractivity contribution in [3.8, 4) is 12.3 Å². The molecule has 0 bridgehead atoms. The highest BCUT2D eigenvalue weighted by Crippen LogP contribution is 2.39. The second-order valence-corrected chi connectivity index (χ2v) is 4.08. The van der Waals surface area contributed by atoms with Crippen LogP contribution in [0.1, 0.15) is 45.4 Å². The molecule has 0 saturated heterocycles. The van der Waals surface area contributed by atoms with E-state index in [9.17, 15) is 4.79 Å². The second-order valence-electron chi connectivity index (χ2n) is 4.08. The van der Waals surface area contributed by atoms with Gasteiger partial charge >= 0.3 is 0 Å². The van der Waals surface area contributed by atoms with E-state index in [4.69, 9.17) is 6.42 Å². The fourth-order valence-corrected chi connectivity index (χ4v) is 1.92.